The Morgan fingerprint density at radius 1 is 1.13 bits per heavy atom. The van der Waals surface area contributed by atoms with E-state index < -0.39 is 0 Å². The van der Waals surface area contributed by atoms with Crippen LogP contribution in [-0.2, 0) is 0 Å². The Morgan fingerprint density at radius 2 is 1.93 bits per heavy atom. The summed E-state index contributed by atoms with van der Waals surface area (Å²) >= 11 is 0. The highest BCUT2D eigenvalue weighted by Gasteiger charge is 2.35. The van der Waals surface area contributed by atoms with Gasteiger partial charge in [0.25, 0.3) is 0 Å². The maximum Gasteiger partial charge on any atom is 0.123 e. The van der Waals surface area contributed by atoms with Gasteiger partial charge < -0.3 is 10.6 Å². The second-order valence-corrected chi connectivity index (χ2v) is 4.48. The van der Waals surface area contributed by atoms with Crippen molar-refractivity contribution >= 4 is 0 Å². The minimum absolute atomic E-state index is 0.160. The van der Waals surface area contributed by atoms with Crippen molar-refractivity contribution in [3.63, 3.8) is 0 Å². The van der Waals surface area contributed by atoms with Gasteiger partial charge in [0.15, 0.2) is 0 Å². The van der Waals surface area contributed by atoms with Crippen molar-refractivity contribution < 1.29 is 4.39 Å². The summed E-state index contributed by atoms with van der Waals surface area (Å²) in [7, 11) is 0. The standard InChI is InChI=1S/C12H15FN2/c13-9-3-1-8(2-4-9)12-11-6-5-10(15-12)7-14-11/h1-4,10-12,14-15H,5-7H2. The fourth-order valence-electron chi connectivity index (χ4n) is 2.67. The first-order valence-electron chi connectivity index (χ1n) is 5.58. The monoisotopic (exact) mass is 206 g/mol. The van der Waals surface area contributed by atoms with Crippen LogP contribution < -0.4 is 10.6 Å². The third kappa shape index (κ3) is 1.66. The second-order valence-electron chi connectivity index (χ2n) is 4.48. The highest BCUT2D eigenvalue weighted by atomic mass is 19.1. The Bertz CT molecular complexity index is 341. The molecule has 0 spiro atoms. The molecule has 3 aliphatic rings. The fraction of sp³-hybridized carbons (Fsp3) is 0.500. The van der Waals surface area contributed by atoms with E-state index in [4.69, 9.17) is 0 Å². The van der Waals surface area contributed by atoms with Gasteiger partial charge in [-0.05, 0) is 30.5 Å². The van der Waals surface area contributed by atoms with Crippen LogP contribution in [0.1, 0.15) is 24.4 Å². The van der Waals surface area contributed by atoms with Gasteiger partial charge in [-0.15, -0.1) is 0 Å². The van der Waals surface area contributed by atoms with Gasteiger partial charge in [-0.1, -0.05) is 12.1 Å². The molecular weight excluding hydrogens is 191 g/mol. The van der Waals surface area contributed by atoms with E-state index >= 15 is 0 Å². The largest absolute Gasteiger partial charge is 0.311 e. The van der Waals surface area contributed by atoms with E-state index in [2.05, 4.69) is 10.6 Å². The van der Waals surface area contributed by atoms with E-state index in [9.17, 15) is 4.39 Å². The van der Waals surface area contributed by atoms with Gasteiger partial charge in [-0.2, -0.15) is 0 Å². The van der Waals surface area contributed by atoms with Crippen molar-refractivity contribution in [3.8, 4) is 0 Å². The lowest BCUT2D eigenvalue weighted by Gasteiger charge is -2.44. The Hall–Kier alpha value is -0.930. The Labute approximate surface area is 88.9 Å². The molecule has 1 aromatic carbocycles. The minimum atomic E-state index is -0.160. The number of fused-ring (bicyclic) bond motifs is 3. The van der Waals surface area contributed by atoms with Crippen molar-refractivity contribution in [3.05, 3.63) is 35.6 Å². The van der Waals surface area contributed by atoms with Crippen LogP contribution >= 0.6 is 0 Å². The molecule has 3 atom stereocenters. The molecule has 0 aliphatic carbocycles. The fourth-order valence-corrected chi connectivity index (χ4v) is 2.67. The van der Waals surface area contributed by atoms with Gasteiger partial charge in [-0.3, -0.25) is 0 Å². The zero-order valence-electron chi connectivity index (χ0n) is 8.54. The van der Waals surface area contributed by atoms with Crippen LogP contribution in [0.15, 0.2) is 24.3 Å². The van der Waals surface area contributed by atoms with Gasteiger partial charge in [0, 0.05) is 24.7 Å². The molecule has 4 rings (SSSR count). The van der Waals surface area contributed by atoms with E-state index in [-0.39, 0.29) is 5.82 Å². The van der Waals surface area contributed by atoms with Crippen molar-refractivity contribution in [1.29, 1.82) is 0 Å². The molecule has 2 N–H and O–H groups in total. The summed E-state index contributed by atoms with van der Waals surface area (Å²) in [6.45, 7) is 1.07. The van der Waals surface area contributed by atoms with Crippen molar-refractivity contribution in [2.75, 3.05) is 6.54 Å². The molecule has 3 aliphatic heterocycles. The summed E-state index contributed by atoms with van der Waals surface area (Å²) in [5.74, 6) is -0.160. The van der Waals surface area contributed by atoms with Crippen LogP contribution in [0.2, 0.25) is 0 Å². The SMILES string of the molecule is Fc1ccc(C2NC3CCC2NC3)cc1. The molecule has 15 heavy (non-hydrogen) atoms. The van der Waals surface area contributed by atoms with E-state index in [1.807, 2.05) is 12.1 Å². The van der Waals surface area contributed by atoms with Crippen LogP contribution in [-0.4, -0.2) is 18.6 Å². The number of nitrogens with one attached hydrogen (secondary N) is 2. The van der Waals surface area contributed by atoms with Crippen LogP contribution in [0.5, 0.6) is 0 Å². The smallest absolute Gasteiger partial charge is 0.123 e. The third-order valence-corrected chi connectivity index (χ3v) is 3.50. The summed E-state index contributed by atoms with van der Waals surface area (Å²) in [6.07, 6.45) is 2.48. The van der Waals surface area contributed by atoms with Gasteiger partial charge in [0.2, 0.25) is 0 Å². The lowest BCUT2D eigenvalue weighted by Crippen LogP contribution is -2.60. The van der Waals surface area contributed by atoms with Gasteiger partial charge in [0.05, 0.1) is 0 Å². The van der Waals surface area contributed by atoms with Crippen molar-refractivity contribution in [2.45, 2.75) is 31.0 Å². The predicted molar refractivity (Wildman–Crippen MR) is 57.1 cm³/mol. The molecule has 0 amide bonds. The molecular formula is C12H15FN2. The number of benzene rings is 1. The zero-order valence-corrected chi connectivity index (χ0v) is 8.54. The molecule has 3 fully saturated rings. The Morgan fingerprint density at radius 3 is 2.47 bits per heavy atom. The summed E-state index contributed by atoms with van der Waals surface area (Å²) in [4.78, 5) is 0. The van der Waals surface area contributed by atoms with Crippen LogP contribution in [0.4, 0.5) is 4.39 Å². The molecule has 3 heterocycles. The Kier molecular flexibility index (Phi) is 2.22. The number of hydrogen-bond donors (Lipinski definition) is 2. The third-order valence-electron chi connectivity index (χ3n) is 3.50. The molecule has 3 unspecified atom stereocenters. The number of hydrogen-bond acceptors (Lipinski definition) is 2. The van der Waals surface area contributed by atoms with Crippen LogP contribution in [0.25, 0.3) is 0 Å². The molecule has 3 heteroatoms. The normalized spacial score (nSPS) is 34.3. The highest BCUT2D eigenvalue weighted by molar-refractivity contribution is 5.23. The summed E-state index contributed by atoms with van der Waals surface area (Å²) in [5, 5.41) is 7.13. The highest BCUT2D eigenvalue weighted by Crippen LogP contribution is 2.29. The average Bonchev–Trinajstić information content (AvgIpc) is 2.31. The molecule has 2 nitrogen and oxygen atoms in total. The number of piperazine rings is 1. The maximum atomic E-state index is 12.8. The molecule has 2 bridgehead atoms. The van der Waals surface area contributed by atoms with Gasteiger partial charge in [-0.25, -0.2) is 4.39 Å². The van der Waals surface area contributed by atoms with E-state index in [0.29, 0.717) is 18.1 Å². The van der Waals surface area contributed by atoms with E-state index in [1.54, 1.807) is 12.1 Å². The van der Waals surface area contributed by atoms with Crippen LogP contribution in [0.3, 0.4) is 0 Å². The second kappa shape index (κ2) is 3.58. The first-order chi connectivity index (χ1) is 7.33. The number of piperidine rings is 2. The molecule has 1 aromatic rings. The molecule has 0 aromatic heterocycles. The van der Waals surface area contributed by atoms with Crippen molar-refractivity contribution in [1.82, 2.24) is 10.6 Å². The zero-order chi connectivity index (χ0) is 10.3. The predicted octanol–water partition coefficient (Wildman–Crippen LogP) is 1.59. The Balaban J connectivity index is 1.85. The number of rotatable bonds is 1. The van der Waals surface area contributed by atoms with Gasteiger partial charge >= 0.3 is 0 Å². The summed E-state index contributed by atoms with van der Waals surface area (Å²) < 4.78 is 12.8. The van der Waals surface area contributed by atoms with Gasteiger partial charge in [0.1, 0.15) is 5.82 Å². The molecule has 0 saturated carbocycles. The maximum absolute atomic E-state index is 12.8. The van der Waals surface area contributed by atoms with E-state index in [1.165, 1.54) is 18.4 Å². The quantitative estimate of drug-likeness (QED) is 0.729. The topological polar surface area (TPSA) is 24.1 Å². The lowest BCUT2D eigenvalue weighted by atomic mass is 9.85. The summed E-state index contributed by atoms with van der Waals surface area (Å²) in [5.41, 5.74) is 1.19. The average molecular weight is 206 g/mol. The molecule has 0 radical (unpaired) electrons. The number of halogens is 1. The molecule has 3 saturated heterocycles. The van der Waals surface area contributed by atoms with Crippen molar-refractivity contribution in [2.24, 2.45) is 0 Å². The molecule has 80 valence electrons. The first-order valence-corrected chi connectivity index (χ1v) is 5.58. The first kappa shape index (κ1) is 9.31. The lowest BCUT2D eigenvalue weighted by molar-refractivity contribution is 0.188. The minimum Gasteiger partial charge on any atom is -0.311 e. The van der Waals surface area contributed by atoms with Crippen LogP contribution in [0, 0.1) is 5.82 Å². The summed E-state index contributed by atoms with van der Waals surface area (Å²) in [6, 6.07) is 8.31. The van der Waals surface area contributed by atoms with E-state index in [0.717, 1.165) is 6.54 Å².